The minimum absolute atomic E-state index is 0.0425. The molecular weight excluding hydrogens is 216 g/mol. The van der Waals surface area contributed by atoms with Crippen molar-refractivity contribution >= 4 is 5.97 Å². The summed E-state index contributed by atoms with van der Waals surface area (Å²) in [5, 5.41) is 0. The minimum atomic E-state index is -0.0794. The Bertz CT molecular complexity index is 383. The van der Waals surface area contributed by atoms with Crippen LogP contribution in [0.4, 0.5) is 0 Å². The molecule has 0 spiro atoms. The first-order valence-electron chi connectivity index (χ1n) is 6.08. The molecule has 3 nitrogen and oxygen atoms in total. The molecule has 17 heavy (non-hydrogen) atoms. The predicted molar refractivity (Wildman–Crippen MR) is 65.1 cm³/mol. The quantitative estimate of drug-likeness (QED) is 0.751. The molecule has 2 rings (SSSR count). The van der Waals surface area contributed by atoms with Crippen LogP contribution >= 0.6 is 0 Å². The number of benzene rings is 1. The van der Waals surface area contributed by atoms with Gasteiger partial charge in [0.15, 0.2) is 0 Å². The lowest BCUT2D eigenvalue weighted by Crippen LogP contribution is -2.14. The lowest BCUT2D eigenvalue weighted by molar-refractivity contribution is -0.141. The van der Waals surface area contributed by atoms with Crippen molar-refractivity contribution < 1.29 is 14.3 Å². The molecule has 92 valence electrons. The molecule has 2 atom stereocenters. The predicted octanol–water partition coefficient (Wildman–Crippen LogP) is 2.89. The zero-order valence-electron chi connectivity index (χ0n) is 10.3. The van der Waals surface area contributed by atoms with E-state index in [4.69, 9.17) is 9.47 Å². The molecule has 3 heteroatoms. The molecule has 1 fully saturated rings. The molecule has 0 N–H and O–H groups in total. The molecule has 1 aliphatic heterocycles. The Morgan fingerprint density at radius 1 is 1.35 bits per heavy atom. The third-order valence-electron chi connectivity index (χ3n) is 3.24. The zero-order chi connectivity index (χ0) is 12.3. The maximum Gasteiger partial charge on any atom is 0.306 e. The van der Waals surface area contributed by atoms with Gasteiger partial charge in [0.1, 0.15) is 11.9 Å². The van der Waals surface area contributed by atoms with E-state index in [-0.39, 0.29) is 18.0 Å². The van der Waals surface area contributed by atoms with Crippen molar-refractivity contribution in [1.29, 1.82) is 0 Å². The van der Waals surface area contributed by atoms with E-state index in [1.54, 1.807) is 7.11 Å². The molecular formula is C14H18O3. The Labute approximate surface area is 102 Å². The molecule has 1 aromatic rings. The third-order valence-corrected chi connectivity index (χ3v) is 3.24. The summed E-state index contributed by atoms with van der Waals surface area (Å²) in [6.07, 6.45) is 2.50. The van der Waals surface area contributed by atoms with E-state index >= 15 is 0 Å². The van der Waals surface area contributed by atoms with Crippen LogP contribution in [-0.2, 0) is 9.53 Å². The van der Waals surface area contributed by atoms with Crippen LogP contribution in [0, 0.1) is 0 Å². The molecule has 0 bridgehead atoms. The highest BCUT2D eigenvalue weighted by atomic mass is 16.5. The second-order valence-electron chi connectivity index (χ2n) is 4.40. The van der Waals surface area contributed by atoms with E-state index in [2.05, 4.69) is 6.92 Å². The smallest absolute Gasteiger partial charge is 0.306 e. The summed E-state index contributed by atoms with van der Waals surface area (Å²) in [5.41, 5.74) is 1.16. The topological polar surface area (TPSA) is 35.5 Å². The Hall–Kier alpha value is -1.51. The summed E-state index contributed by atoms with van der Waals surface area (Å²) in [6, 6.07) is 7.91. The lowest BCUT2D eigenvalue weighted by atomic mass is 9.90. The highest BCUT2D eigenvalue weighted by Crippen LogP contribution is 2.35. The van der Waals surface area contributed by atoms with Gasteiger partial charge in [0, 0.05) is 5.92 Å². The van der Waals surface area contributed by atoms with E-state index in [0.717, 1.165) is 24.2 Å². The fraction of sp³-hybridized carbons (Fsp3) is 0.500. The summed E-state index contributed by atoms with van der Waals surface area (Å²) in [7, 11) is 1.65. The minimum Gasteiger partial charge on any atom is -0.497 e. The lowest BCUT2D eigenvalue weighted by Gasteiger charge is -2.17. The number of ether oxygens (including phenoxy) is 2. The van der Waals surface area contributed by atoms with Gasteiger partial charge in [0.2, 0.25) is 0 Å². The average Bonchev–Trinajstić information content (AvgIpc) is 2.71. The largest absolute Gasteiger partial charge is 0.497 e. The van der Waals surface area contributed by atoms with Crippen LogP contribution in [0.25, 0.3) is 0 Å². The summed E-state index contributed by atoms with van der Waals surface area (Å²) in [4.78, 5) is 11.4. The third kappa shape index (κ3) is 2.60. The van der Waals surface area contributed by atoms with Crippen LogP contribution in [-0.4, -0.2) is 19.2 Å². The number of cyclic esters (lactones) is 1. The van der Waals surface area contributed by atoms with Gasteiger partial charge in [-0.05, 0) is 24.1 Å². The summed E-state index contributed by atoms with van der Waals surface area (Å²) in [6.45, 7) is 2.11. The standard InChI is InChI=1S/C14H18O3/c1-3-4-13-12(9-14(15)17-13)10-5-7-11(16-2)8-6-10/h5-8,12-13H,3-4,9H2,1-2H3. The van der Waals surface area contributed by atoms with Gasteiger partial charge in [-0.2, -0.15) is 0 Å². The summed E-state index contributed by atoms with van der Waals surface area (Å²) in [5.74, 6) is 0.962. The number of carbonyl (C=O) groups excluding carboxylic acids is 1. The number of carbonyl (C=O) groups is 1. The van der Waals surface area contributed by atoms with E-state index in [1.165, 1.54) is 0 Å². The van der Waals surface area contributed by atoms with Crippen LogP contribution < -0.4 is 4.74 Å². The number of hydrogen-bond acceptors (Lipinski definition) is 3. The van der Waals surface area contributed by atoms with Crippen molar-refractivity contribution in [2.75, 3.05) is 7.11 Å². The van der Waals surface area contributed by atoms with Gasteiger partial charge >= 0.3 is 5.97 Å². The van der Waals surface area contributed by atoms with Crippen LogP contribution in [0.3, 0.4) is 0 Å². The average molecular weight is 234 g/mol. The molecule has 2 unspecified atom stereocenters. The number of esters is 1. The maximum absolute atomic E-state index is 11.4. The monoisotopic (exact) mass is 234 g/mol. The Morgan fingerprint density at radius 2 is 2.06 bits per heavy atom. The van der Waals surface area contributed by atoms with E-state index in [0.29, 0.717) is 6.42 Å². The van der Waals surface area contributed by atoms with Crippen LogP contribution in [0.5, 0.6) is 5.75 Å². The van der Waals surface area contributed by atoms with Crippen molar-refractivity contribution in [3.8, 4) is 5.75 Å². The van der Waals surface area contributed by atoms with E-state index < -0.39 is 0 Å². The Balaban J connectivity index is 2.16. The first-order valence-corrected chi connectivity index (χ1v) is 6.08. The summed E-state index contributed by atoms with van der Waals surface area (Å²) >= 11 is 0. The molecule has 1 aromatic carbocycles. The molecule has 1 aliphatic rings. The molecule has 1 saturated heterocycles. The maximum atomic E-state index is 11.4. The highest BCUT2D eigenvalue weighted by molar-refractivity contribution is 5.73. The highest BCUT2D eigenvalue weighted by Gasteiger charge is 2.34. The van der Waals surface area contributed by atoms with Gasteiger partial charge in [-0.15, -0.1) is 0 Å². The normalized spacial score (nSPS) is 23.5. The van der Waals surface area contributed by atoms with Crippen LogP contribution in [0.15, 0.2) is 24.3 Å². The van der Waals surface area contributed by atoms with Gasteiger partial charge < -0.3 is 9.47 Å². The van der Waals surface area contributed by atoms with Crippen molar-refractivity contribution in [1.82, 2.24) is 0 Å². The molecule has 0 saturated carbocycles. The Morgan fingerprint density at radius 3 is 2.65 bits per heavy atom. The van der Waals surface area contributed by atoms with Crippen molar-refractivity contribution in [3.05, 3.63) is 29.8 Å². The SMILES string of the molecule is CCCC1OC(=O)CC1c1ccc(OC)cc1. The van der Waals surface area contributed by atoms with Gasteiger partial charge in [0.25, 0.3) is 0 Å². The van der Waals surface area contributed by atoms with E-state index in [1.807, 2.05) is 24.3 Å². The molecule has 0 aromatic heterocycles. The number of methoxy groups -OCH3 is 1. The van der Waals surface area contributed by atoms with Crippen molar-refractivity contribution in [2.24, 2.45) is 0 Å². The molecule has 1 heterocycles. The van der Waals surface area contributed by atoms with Crippen molar-refractivity contribution in [3.63, 3.8) is 0 Å². The van der Waals surface area contributed by atoms with Gasteiger partial charge in [-0.25, -0.2) is 0 Å². The van der Waals surface area contributed by atoms with Gasteiger partial charge in [-0.3, -0.25) is 4.79 Å². The van der Waals surface area contributed by atoms with Crippen LogP contribution in [0.2, 0.25) is 0 Å². The fourth-order valence-electron chi connectivity index (χ4n) is 2.34. The number of rotatable bonds is 4. The second-order valence-corrected chi connectivity index (χ2v) is 4.40. The first kappa shape index (κ1) is 12.0. The van der Waals surface area contributed by atoms with Gasteiger partial charge in [-0.1, -0.05) is 25.5 Å². The molecule has 0 amide bonds. The Kier molecular flexibility index (Phi) is 3.67. The molecule has 0 radical (unpaired) electrons. The zero-order valence-corrected chi connectivity index (χ0v) is 10.3. The first-order chi connectivity index (χ1) is 8.24. The van der Waals surface area contributed by atoms with Crippen LogP contribution in [0.1, 0.15) is 37.7 Å². The summed E-state index contributed by atoms with van der Waals surface area (Å²) < 4.78 is 10.5. The molecule has 0 aliphatic carbocycles. The second kappa shape index (κ2) is 5.21. The number of hydrogen-bond donors (Lipinski definition) is 0. The van der Waals surface area contributed by atoms with Gasteiger partial charge in [0.05, 0.1) is 13.5 Å². The fourth-order valence-corrected chi connectivity index (χ4v) is 2.34. The van der Waals surface area contributed by atoms with Crippen molar-refractivity contribution in [2.45, 2.75) is 38.2 Å². The van der Waals surface area contributed by atoms with E-state index in [9.17, 15) is 4.79 Å².